The molecule has 3 rings (SSSR count). The molecule has 3 heteroatoms. The van der Waals surface area contributed by atoms with Crippen LogP contribution in [0.2, 0.25) is 0 Å². The minimum absolute atomic E-state index is 0.0927. The fourth-order valence-electron chi connectivity index (χ4n) is 2.53. The molecule has 0 N–H and O–H groups in total. The van der Waals surface area contributed by atoms with Gasteiger partial charge in [0.05, 0.1) is 12.7 Å². The molecular formula is C14H14O2S. The summed E-state index contributed by atoms with van der Waals surface area (Å²) in [6, 6.07) is 5.82. The smallest absolute Gasteiger partial charge is 0.147 e. The Hall–Kier alpha value is -1.35. The second-order valence-corrected chi connectivity index (χ2v) is 5.47. The van der Waals surface area contributed by atoms with E-state index in [0.717, 1.165) is 25.0 Å². The van der Waals surface area contributed by atoms with Crippen molar-refractivity contribution in [2.75, 3.05) is 0 Å². The molecule has 0 radical (unpaired) electrons. The zero-order valence-corrected chi connectivity index (χ0v) is 10.3. The third kappa shape index (κ3) is 2.07. The number of ketones is 1. The molecule has 0 amide bonds. The number of thiophene rings is 1. The van der Waals surface area contributed by atoms with Gasteiger partial charge in [0.15, 0.2) is 0 Å². The molecule has 0 fully saturated rings. The van der Waals surface area contributed by atoms with E-state index < -0.39 is 0 Å². The van der Waals surface area contributed by atoms with Crippen molar-refractivity contribution in [3.63, 3.8) is 0 Å². The van der Waals surface area contributed by atoms with E-state index in [9.17, 15) is 4.79 Å². The number of carbonyl (C=O) groups excluding carboxylic acids is 1. The first-order valence-electron chi connectivity index (χ1n) is 5.96. The summed E-state index contributed by atoms with van der Waals surface area (Å²) >= 11 is 1.78. The molecule has 17 heavy (non-hydrogen) atoms. The third-order valence-corrected chi connectivity index (χ3v) is 4.37. The highest BCUT2D eigenvalue weighted by molar-refractivity contribution is 7.10. The number of furan rings is 1. The van der Waals surface area contributed by atoms with Crippen LogP contribution in [0, 0.1) is 0 Å². The van der Waals surface area contributed by atoms with Crippen molar-refractivity contribution in [2.45, 2.75) is 31.6 Å². The Kier molecular flexibility index (Phi) is 2.85. The Bertz CT molecular complexity index is 510. The van der Waals surface area contributed by atoms with Crippen LogP contribution in [0.15, 0.2) is 34.3 Å². The van der Waals surface area contributed by atoms with Crippen LogP contribution in [0.1, 0.15) is 35.0 Å². The largest absolute Gasteiger partial charge is 0.469 e. The van der Waals surface area contributed by atoms with Crippen molar-refractivity contribution in [3.8, 4) is 0 Å². The summed E-state index contributed by atoms with van der Waals surface area (Å²) in [5.74, 6) is 1.16. The van der Waals surface area contributed by atoms with E-state index in [-0.39, 0.29) is 5.92 Å². The van der Waals surface area contributed by atoms with Gasteiger partial charge in [0.1, 0.15) is 11.5 Å². The van der Waals surface area contributed by atoms with Crippen molar-refractivity contribution < 1.29 is 9.21 Å². The predicted molar refractivity (Wildman–Crippen MR) is 67.4 cm³/mol. The highest BCUT2D eigenvalue weighted by Crippen LogP contribution is 2.36. The molecule has 0 spiro atoms. The maximum atomic E-state index is 12.3. The monoisotopic (exact) mass is 246 g/mol. The number of hydrogen-bond donors (Lipinski definition) is 0. The molecule has 2 nitrogen and oxygen atoms in total. The molecular weight excluding hydrogens is 232 g/mol. The topological polar surface area (TPSA) is 30.2 Å². The summed E-state index contributed by atoms with van der Waals surface area (Å²) in [5.41, 5.74) is 1.26. The molecule has 0 saturated heterocycles. The molecule has 1 aliphatic rings. The molecule has 1 aliphatic carbocycles. The fraction of sp³-hybridized carbons (Fsp3) is 0.357. The normalized spacial score (nSPS) is 18.9. The standard InChI is InChI=1S/C14H14O2S/c15-13(9-10-3-2-7-16-10)11-4-1-5-14-12(11)6-8-17-14/h2-3,6-8,11H,1,4-5,9H2. The van der Waals surface area contributed by atoms with Crippen molar-refractivity contribution >= 4 is 17.1 Å². The molecule has 0 aromatic carbocycles. The molecule has 2 aromatic heterocycles. The number of hydrogen-bond acceptors (Lipinski definition) is 3. The van der Waals surface area contributed by atoms with Gasteiger partial charge in [-0.1, -0.05) is 0 Å². The van der Waals surface area contributed by atoms with Gasteiger partial charge in [0.2, 0.25) is 0 Å². The summed E-state index contributed by atoms with van der Waals surface area (Å²) in [6.45, 7) is 0. The van der Waals surface area contributed by atoms with E-state index in [1.807, 2.05) is 12.1 Å². The fourth-order valence-corrected chi connectivity index (χ4v) is 3.52. The van der Waals surface area contributed by atoms with E-state index in [4.69, 9.17) is 4.42 Å². The first-order valence-corrected chi connectivity index (χ1v) is 6.84. The van der Waals surface area contributed by atoms with Crippen LogP contribution >= 0.6 is 11.3 Å². The second-order valence-electron chi connectivity index (χ2n) is 4.47. The van der Waals surface area contributed by atoms with Crippen LogP contribution < -0.4 is 0 Å². The zero-order chi connectivity index (χ0) is 11.7. The molecule has 0 aliphatic heterocycles. The van der Waals surface area contributed by atoms with Crippen molar-refractivity contribution in [3.05, 3.63) is 46.0 Å². The zero-order valence-electron chi connectivity index (χ0n) is 9.52. The molecule has 2 heterocycles. The maximum absolute atomic E-state index is 12.3. The van der Waals surface area contributed by atoms with Crippen LogP contribution in [0.4, 0.5) is 0 Å². The third-order valence-electron chi connectivity index (χ3n) is 3.37. The average Bonchev–Trinajstić information content (AvgIpc) is 2.97. The lowest BCUT2D eigenvalue weighted by atomic mass is 9.83. The van der Waals surface area contributed by atoms with Crippen LogP contribution in [0.25, 0.3) is 0 Å². The lowest BCUT2D eigenvalue weighted by Gasteiger charge is -2.20. The number of Topliss-reactive ketones (excluding diaryl/α,β-unsaturated/α-hetero) is 1. The van der Waals surface area contributed by atoms with Gasteiger partial charge in [0, 0.05) is 10.8 Å². The highest BCUT2D eigenvalue weighted by Gasteiger charge is 2.27. The predicted octanol–water partition coefficient (Wildman–Crippen LogP) is 3.57. The van der Waals surface area contributed by atoms with Crippen molar-refractivity contribution in [2.24, 2.45) is 0 Å². The van der Waals surface area contributed by atoms with Crippen molar-refractivity contribution in [1.82, 2.24) is 0 Å². The first-order chi connectivity index (χ1) is 8.34. The number of fused-ring (bicyclic) bond motifs is 1. The Balaban J connectivity index is 1.80. The van der Waals surface area contributed by atoms with E-state index in [2.05, 4.69) is 11.4 Å². The van der Waals surface area contributed by atoms with E-state index >= 15 is 0 Å². The summed E-state index contributed by atoms with van der Waals surface area (Å²) in [7, 11) is 0. The van der Waals surface area contributed by atoms with Gasteiger partial charge in [0.25, 0.3) is 0 Å². The lowest BCUT2D eigenvalue weighted by Crippen LogP contribution is -2.18. The van der Waals surface area contributed by atoms with E-state index in [1.54, 1.807) is 17.6 Å². The molecule has 2 aromatic rings. The Morgan fingerprint density at radius 1 is 1.47 bits per heavy atom. The molecule has 0 bridgehead atoms. The van der Waals surface area contributed by atoms with Gasteiger partial charge in [-0.05, 0) is 48.4 Å². The second kappa shape index (κ2) is 4.49. The van der Waals surface area contributed by atoms with Gasteiger partial charge in [-0.3, -0.25) is 4.79 Å². The molecule has 0 saturated carbocycles. The number of rotatable bonds is 3. The molecule has 1 atom stereocenters. The Labute approximate surface area is 104 Å². The van der Waals surface area contributed by atoms with Crippen LogP contribution in [0.3, 0.4) is 0 Å². The van der Waals surface area contributed by atoms with Crippen molar-refractivity contribution in [1.29, 1.82) is 0 Å². The van der Waals surface area contributed by atoms with E-state index in [0.29, 0.717) is 12.2 Å². The minimum Gasteiger partial charge on any atom is -0.469 e. The summed E-state index contributed by atoms with van der Waals surface area (Å²) in [6.07, 6.45) is 5.30. The number of aryl methyl sites for hydroxylation is 1. The summed E-state index contributed by atoms with van der Waals surface area (Å²) in [4.78, 5) is 13.7. The average molecular weight is 246 g/mol. The minimum atomic E-state index is 0.0927. The van der Waals surface area contributed by atoms with Gasteiger partial charge in [-0.15, -0.1) is 11.3 Å². The van der Waals surface area contributed by atoms with E-state index in [1.165, 1.54) is 10.4 Å². The summed E-state index contributed by atoms with van der Waals surface area (Å²) in [5, 5.41) is 2.10. The maximum Gasteiger partial charge on any atom is 0.147 e. The van der Waals surface area contributed by atoms with Crippen LogP contribution in [0.5, 0.6) is 0 Å². The Morgan fingerprint density at radius 3 is 3.24 bits per heavy atom. The highest BCUT2D eigenvalue weighted by atomic mass is 32.1. The Morgan fingerprint density at radius 2 is 2.41 bits per heavy atom. The van der Waals surface area contributed by atoms with Crippen LogP contribution in [-0.2, 0) is 17.6 Å². The molecule has 88 valence electrons. The van der Waals surface area contributed by atoms with Gasteiger partial charge >= 0.3 is 0 Å². The first kappa shape index (κ1) is 10.8. The van der Waals surface area contributed by atoms with Gasteiger partial charge in [-0.2, -0.15) is 0 Å². The van der Waals surface area contributed by atoms with Gasteiger partial charge in [-0.25, -0.2) is 0 Å². The van der Waals surface area contributed by atoms with Crippen LogP contribution in [-0.4, -0.2) is 5.78 Å². The molecule has 1 unspecified atom stereocenters. The lowest BCUT2D eigenvalue weighted by molar-refractivity contribution is -0.120. The summed E-state index contributed by atoms with van der Waals surface area (Å²) < 4.78 is 5.25. The quantitative estimate of drug-likeness (QED) is 0.828. The number of carbonyl (C=O) groups is 1. The SMILES string of the molecule is O=C(Cc1ccco1)C1CCCc2sccc21. The van der Waals surface area contributed by atoms with Gasteiger partial charge < -0.3 is 4.42 Å².